The molecule has 2 aromatic rings. The predicted octanol–water partition coefficient (Wildman–Crippen LogP) is 2.29. The van der Waals surface area contributed by atoms with Crippen molar-refractivity contribution in [2.24, 2.45) is 0 Å². The molecule has 0 N–H and O–H groups in total. The molecule has 5 heteroatoms. The minimum atomic E-state index is 0.502. The van der Waals surface area contributed by atoms with Crippen LogP contribution in [0.3, 0.4) is 0 Å². The molecule has 0 aliphatic heterocycles. The van der Waals surface area contributed by atoms with Gasteiger partial charge in [-0.1, -0.05) is 0 Å². The third-order valence-corrected chi connectivity index (χ3v) is 3.24. The first-order chi connectivity index (χ1) is 8.74. The Balaban J connectivity index is 1.73. The number of anilines is 1. The van der Waals surface area contributed by atoms with E-state index in [1.807, 2.05) is 30.4 Å². The number of aromatic nitrogens is 3. The number of hydrogen-bond donors (Lipinski definition) is 0. The van der Waals surface area contributed by atoms with Crippen molar-refractivity contribution in [2.75, 3.05) is 11.9 Å². The van der Waals surface area contributed by atoms with Crippen LogP contribution in [0.15, 0.2) is 23.0 Å². The zero-order valence-corrected chi connectivity index (χ0v) is 10.6. The Kier molecular flexibility index (Phi) is 2.74. The van der Waals surface area contributed by atoms with Crippen LogP contribution in [0.2, 0.25) is 0 Å². The van der Waals surface area contributed by atoms with Gasteiger partial charge in [0.2, 0.25) is 5.89 Å². The molecule has 5 nitrogen and oxygen atoms in total. The summed E-state index contributed by atoms with van der Waals surface area (Å²) in [6.45, 7) is 2.82. The molecule has 0 saturated heterocycles. The van der Waals surface area contributed by atoms with Gasteiger partial charge in [-0.15, -0.1) is 0 Å². The second-order valence-corrected chi connectivity index (χ2v) is 4.87. The van der Waals surface area contributed by atoms with Gasteiger partial charge in [0, 0.05) is 31.9 Å². The summed E-state index contributed by atoms with van der Waals surface area (Å²) in [5.41, 5.74) is 2.40. The van der Waals surface area contributed by atoms with Crippen LogP contribution in [-0.2, 0) is 6.54 Å². The quantitative estimate of drug-likeness (QED) is 0.826. The molecule has 1 saturated carbocycles. The van der Waals surface area contributed by atoms with Gasteiger partial charge in [0.15, 0.2) is 0 Å². The fraction of sp³-hybridized carbons (Fsp3) is 0.462. The van der Waals surface area contributed by atoms with Crippen molar-refractivity contribution in [1.82, 2.24) is 15.1 Å². The topological polar surface area (TPSA) is 55.1 Å². The molecule has 0 amide bonds. The van der Waals surface area contributed by atoms with Crippen molar-refractivity contribution in [3.05, 3.63) is 35.5 Å². The lowest BCUT2D eigenvalue weighted by Gasteiger charge is -2.15. The Morgan fingerprint density at radius 1 is 1.44 bits per heavy atom. The summed E-state index contributed by atoms with van der Waals surface area (Å²) in [5, 5.41) is 4.03. The average Bonchev–Trinajstić information content (AvgIpc) is 3.10. The van der Waals surface area contributed by atoms with E-state index in [0.717, 1.165) is 12.4 Å². The highest BCUT2D eigenvalue weighted by Gasteiger charge is 2.30. The van der Waals surface area contributed by atoms with Gasteiger partial charge in [-0.05, 0) is 42.1 Å². The summed E-state index contributed by atoms with van der Waals surface area (Å²) in [4.78, 5) is 10.5. The average molecular weight is 244 g/mol. The van der Waals surface area contributed by atoms with Crippen LogP contribution in [0.5, 0.6) is 0 Å². The van der Waals surface area contributed by atoms with Crippen molar-refractivity contribution in [3.8, 4) is 0 Å². The molecule has 1 fully saturated rings. The highest BCUT2D eigenvalue weighted by molar-refractivity contribution is 5.32. The Morgan fingerprint density at radius 2 is 2.28 bits per heavy atom. The summed E-state index contributed by atoms with van der Waals surface area (Å²) in [6.07, 6.45) is 6.03. The molecule has 2 aromatic heterocycles. The molecule has 0 radical (unpaired) electrons. The van der Waals surface area contributed by atoms with Gasteiger partial charge in [0.25, 0.3) is 5.95 Å². The maximum atomic E-state index is 5.26. The molecule has 18 heavy (non-hydrogen) atoms. The Hall–Kier alpha value is -1.91. The summed E-state index contributed by atoms with van der Waals surface area (Å²) < 4.78 is 5.26. The van der Waals surface area contributed by atoms with E-state index in [9.17, 15) is 0 Å². The monoisotopic (exact) mass is 244 g/mol. The van der Waals surface area contributed by atoms with Crippen LogP contribution in [-0.4, -0.2) is 22.2 Å². The fourth-order valence-corrected chi connectivity index (χ4v) is 1.88. The molecule has 0 atom stereocenters. The standard InChI is InChI=1S/C13H16N4O/c1-9-7-14-6-5-11(9)8-17(2)13-15-12(18-16-13)10-3-4-10/h5-7,10H,3-4,8H2,1-2H3. The molecular formula is C13H16N4O. The van der Waals surface area contributed by atoms with E-state index in [2.05, 4.69) is 22.0 Å². The second-order valence-electron chi connectivity index (χ2n) is 4.87. The lowest BCUT2D eigenvalue weighted by atomic mass is 10.1. The highest BCUT2D eigenvalue weighted by atomic mass is 16.5. The van der Waals surface area contributed by atoms with Gasteiger partial charge in [-0.2, -0.15) is 4.98 Å². The Labute approximate surface area is 106 Å². The minimum absolute atomic E-state index is 0.502. The van der Waals surface area contributed by atoms with Crippen molar-refractivity contribution in [2.45, 2.75) is 32.2 Å². The molecule has 0 aromatic carbocycles. The number of rotatable bonds is 4. The zero-order valence-electron chi connectivity index (χ0n) is 10.6. The third kappa shape index (κ3) is 2.20. The number of nitrogens with zero attached hydrogens (tertiary/aromatic N) is 4. The molecule has 0 bridgehead atoms. The molecule has 1 aliphatic carbocycles. The Morgan fingerprint density at radius 3 is 3.00 bits per heavy atom. The lowest BCUT2D eigenvalue weighted by Crippen LogP contribution is -2.18. The van der Waals surface area contributed by atoms with Crippen LogP contribution in [0.1, 0.15) is 35.8 Å². The van der Waals surface area contributed by atoms with Gasteiger partial charge in [0.1, 0.15) is 0 Å². The first kappa shape index (κ1) is 11.2. The van der Waals surface area contributed by atoms with E-state index in [1.165, 1.54) is 24.0 Å². The van der Waals surface area contributed by atoms with Crippen LogP contribution >= 0.6 is 0 Å². The molecule has 2 heterocycles. The SMILES string of the molecule is Cc1cnccc1CN(C)c1noc(C2CC2)n1. The van der Waals surface area contributed by atoms with Gasteiger partial charge in [0.05, 0.1) is 0 Å². The maximum Gasteiger partial charge on any atom is 0.266 e. The van der Waals surface area contributed by atoms with Gasteiger partial charge in [-0.25, -0.2) is 0 Å². The molecule has 94 valence electrons. The molecule has 0 unspecified atom stereocenters. The van der Waals surface area contributed by atoms with Gasteiger partial charge >= 0.3 is 0 Å². The summed E-state index contributed by atoms with van der Waals surface area (Å²) >= 11 is 0. The molecule has 0 spiro atoms. The van der Waals surface area contributed by atoms with Crippen LogP contribution < -0.4 is 4.90 Å². The summed E-state index contributed by atoms with van der Waals surface area (Å²) in [5.74, 6) is 1.94. The first-order valence-corrected chi connectivity index (χ1v) is 6.18. The molecule has 3 rings (SSSR count). The smallest absolute Gasteiger partial charge is 0.266 e. The summed E-state index contributed by atoms with van der Waals surface area (Å²) in [6, 6.07) is 2.02. The Bertz CT molecular complexity index is 547. The first-order valence-electron chi connectivity index (χ1n) is 6.18. The predicted molar refractivity (Wildman–Crippen MR) is 67.4 cm³/mol. The lowest BCUT2D eigenvalue weighted by molar-refractivity contribution is 0.379. The maximum absolute atomic E-state index is 5.26. The van der Waals surface area contributed by atoms with Crippen molar-refractivity contribution in [1.29, 1.82) is 0 Å². The van der Waals surface area contributed by atoms with Crippen molar-refractivity contribution < 1.29 is 4.52 Å². The van der Waals surface area contributed by atoms with Crippen molar-refractivity contribution >= 4 is 5.95 Å². The fourth-order valence-electron chi connectivity index (χ4n) is 1.88. The van der Waals surface area contributed by atoms with Gasteiger partial charge < -0.3 is 9.42 Å². The normalized spacial score (nSPS) is 14.8. The third-order valence-electron chi connectivity index (χ3n) is 3.24. The molecule has 1 aliphatic rings. The zero-order chi connectivity index (χ0) is 12.5. The van der Waals surface area contributed by atoms with E-state index >= 15 is 0 Å². The van der Waals surface area contributed by atoms with Crippen molar-refractivity contribution in [3.63, 3.8) is 0 Å². The van der Waals surface area contributed by atoms with E-state index in [-0.39, 0.29) is 0 Å². The second kappa shape index (κ2) is 4.40. The van der Waals surface area contributed by atoms with E-state index in [0.29, 0.717) is 11.9 Å². The van der Waals surface area contributed by atoms with Crippen LogP contribution in [0, 0.1) is 6.92 Å². The van der Waals surface area contributed by atoms with Crippen LogP contribution in [0.25, 0.3) is 0 Å². The van der Waals surface area contributed by atoms with Gasteiger partial charge in [-0.3, -0.25) is 4.98 Å². The number of pyridine rings is 1. The van der Waals surface area contributed by atoms with E-state index in [4.69, 9.17) is 4.52 Å². The van der Waals surface area contributed by atoms with E-state index in [1.54, 1.807) is 0 Å². The van der Waals surface area contributed by atoms with Crippen LogP contribution in [0.4, 0.5) is 5.95 Å². The van der Waals surface area contributed by atoms with E-state index < -0.39 is 0 Å². The number of aryl methyl sites for hydroxylation is 1. The minimum Gasteiger partial charge on any atom is -0.337 e. The molecular weight excluding hydrogens is 228 g/mol. The summed E-state index contributed by atoms with van der Waals surface area (Å²) in [7, 11) is 1.97. The largest absolute Gasteiger partial charge is 0.337 e. The number of hydrogen-bond acceptors (Lipinski definition) is 5. The highest BCUT2D eigenvalue weighted by Crippen LogP contribution is 2.39.